The first-order valence-corrected chi connectivity index (χ1v) is 7.22. The highest BCUT2D eigenvalue weighted by molar-refractivity contribution is 5.62. The van der Waals surface area contributed by atoms with Crippen molar-refractivity contribution in [2.75, 3.05) is 6.61 Å². The minimum Gasteiger partial charge on any atom is -0.396 e. The lowest BCUT2D eigenvalue weighted by atomic mass is 10.1. The lowest BCUT2D eigenvalue weighted by Crippen LogP contribution is -1.99. The predicted octanol–water partition coefficient (Wildman–Crippen LogP) is 3.27. The van der Waals surface area contributed by atoms with Gasteiger partial charge in [-0.05, 0) is 29.2 Å². The zero-order chi connectivity index (χ0) is 15.4. The molecule has 0 amide bonds. The summed E-state index contributed by atoms with van der Waals surface area (Å²) in [4.78, 5) is 0. The molecular formula is C18H17FN2O. The van der Waals surface area contributed by atoms with Crippen LogP contribution in [0.25, 0.3) is 11.1 Å². The van der Waals surface area contributed by atoms with Gasteiger partial charge in [-0.3, -0.25) is 4.68 Å². The number of aliphatic hydroxyl groups is 1. The van der Waals surface area contributed by atoms with Crippen molar-refractivity contribution in [1.29, 1.82) is 0 Å². The molecule has 22 heavy (non-hydrogen) atoms. The van der Waals surface area contributed by atoms with E-state index < -0.39 is 0 Å². The first kappa shape index (κ1) is 14.5. The number of halogens is 1. The first-order valence-electron chi connectivity index (χ1n) is 7.22. The third-order valence-corrected chi connectivity index (χ3v) is 3.59. The summed E-state index contributed by atoms with van der Waals surface area (Å²) in [5.74, 6) is -0.289. The quantitative estimate of drug-likeness (QED) is 0.784. The van der Waals surface area contributed by atoms with Crippen molar-refractivity contribution in [2.45, 2.75) is 13.0 Å². The fourth-order valence-corrected chi connectivity index (χ4v) is 2.42. The van der Waals surface area contributed by atoms with Crippen LogP contribution in [0.5, 0.6) is 0 Å². The van der Waals surface area contributed by atoms with Gasteiger partial charge in [-0.15, -0.1) is 0 Å². The second-order valence-corrected chi connectivity index (χ2v) is 5.19. The lowest BCUT2D eigenvalue weighted by Gasteiger charge is -2.04. The molecule has 112 valence electrons. The number of rotatable bonds is 5. The van der Waals surface area contributed by atoms with Crippen molar-refractivity contribution in [2.24, 2.45) is 0 Å². The molecule has 0 unspecified atom stereocenters. The van der Waals surface area contributed by atoms with Gasteiger partial charge in [0.25, 0.3) is 0 Å². The van der Waals surface area contributed by atoms with Crippen LogP contribution in [0.2, 0.25) is 0 Å². The summed E-state index contributed by atoms with van der Waals surface area (Å²) >= 11 is 0. The Morgan fingerprint density at radius 3 is 2.59 bits per heavy atom. The van der Waals surface area contributed by atoms with Crippen molar-refractivity contribution in [3.05, 3.63) is 77.9 Å². The van der Waals surface area contributed by atoms with Crippen molar-refractivity contribution in [3.8, 4) is 11.1 Å². The van der Waals surface area contributed by atoms with E-state index in [2.05, 4.69) is 5.10 Å². The van der Waals surface area contributed by atoms with Crippen molar-refractivity contribution >= 4 is 0 Å². The van der Waals surface area contributed by atoms with Gasteiger partial charge in [0.2, 0.25) is 0 Å². The third-order valence-electron chi connectivity index (χ3n) is 3.59. The van der Waals surface area contributed by atoms with Crippen LogP contribution < -0.4 is 0 Å². The van der Waals surface area contributed by atoms with Crippen LogP contribution in [0.4, 0.5) is 4.39 Å². The van der Waals surface area contributed by atoms with E-state index in [1.54, 1.807) is 12.3 Å². The predicted molar refractivity (Wildman–Crippen MR) is 84.0 cm³/mol. The highest BCUT2D eigenvalue weighted by atomic mass is 19.1. The summed E-state index contributed by atoms with van der Waals surface area (Å²) in [5.41, 5.74) is 3.37. The van der Waals surface area contributed by atoms with E-state index in [1.165, 1.54) is 11.6 Å². The molecule has 0 aliphatic carbocycles. The molecule has 1 heterocycles. The van der Waals surface area contributed by atoms with Crippen molar-refractivity contribution in [3.63, 3.8) is 0 Å². The second-order valence-electron chi connectivity index (χ2n) is 5.19. The molecule has 0 saturated heterocycles. The Labute approximate surface area is 128 Å². The standard InChI is InChI=1S/C18H17FN2O/c19-18-10-16(7-6-15(18)8-9-22)17-11-20-21(13-17)12-14-4-2-1-3-5-14/h1-7,10-11,13,22H,8-9,12H2. The zero-order valence-corrected chi connectivity index (χ0v) is 12.1. The summed E-state index contributed by atoms with van der Waals surface area (Å²) in [7, 11) is 0. The third kappa shape index (κ3) is 3.23. The normalized spacial score (nSPS) is 10.8. The molecule has 0 bridgehead atoms. The number of nitrogens with zero attached hydrogens (tertiary/aromatic N) is 2. The molecule has 0 aliphatic rings. The fourth-order valence-electron chi connectivity index (χ4n) is 2.42. The summed E-state index contributed by atoms with van der Waals surface area (Å²) < 4.78 is 15.8. The van der Waals surface area contributed by atoms with Crippen LogP contribution in [0.15, 0.2) is 60.9 Å². The van der Waals surface area contributed by atoms with E-state index >= 15 is 0 Å². The van der Waals surface area contributed by atoms with E-state index in [4.69, 9.17) is 5.11 Å². The molecule has 3 rings (SSSR count). The van der Waals surface area contributed by atoms with Gasteiger partial charge in [-0.1, -0.05) is 42.5 Å². The van der Waals surface area contributed by atoms with Gasteiger partial charge >= 0.3 is 0 Å². The highest BCUT2D eigenvalue weighted by Crippen LogP contribution is 2.22. The topological polar surface area (TPSA) is 38.1 Å². The second kappa shape index (κ2) is 6.54. The molecule has 4 heteroatoms. The zero-order valence-electron chi connectivity index (χ0n) is 12.1. The van der Waals surface area contributed by atoms with E-state index in [-0.39, 0.29) is 12.4 Å². The van der Waals surface area contributed by atoms with E-state index in [0.29, 0.717) is 18.5 Å². The maximum atomic E-state index is 13.9. The van der Waals surface area contributed by atoms with Gasteiger partial charge in [-0.2, -0.15) is 5.10 Å². The SMILES string of the molecule is OCCc1ccc(-c2cnn(Cc3ccccc3)c2)cc1F. The maximum Gasteiger partial charge on any atom is 0.127 e. The van der Waals surface area contributed by atoms with E-state index in [0.717, 1.165) is 11.1 Å². The number of hydrogen-bond donors (Lipinski definition) is 1. The molecule has 0 saturated carbocycles. The van der Waals surface area contributed by atoms with Crippen LogP contribution >= 0.6 is 0 Å². The summed E-state index contributed by atoms with van der Waals surface area (Å²) in [6.07, 6.45) is 3.98. The van der Waals surface area contributed by atoms with Crippen LogP contribution in [-0.2, 0) is 13.0 Å². The van der Waals surface area contributed by atoms with Crippen molar-refractivity contribution < 1.29 is 9.50 Å². The molecular weight excluding hydrogens is 279 g/mol. The summed E-state index contributed by atoms with van der Waals surface area (Å²) in [5, 5.41) is 13.2. The Balaban J connectivity index is 1.80. The number of aliphatic hydroxyl groups excluding tert-OH is 1. The molecule has 2 aromatic carbocycles. The first-order chi connectivity index (χ1) is 10.8. The Bertz CT molecular complexity index is 753. The number of aromatic nitrogens is 2. The van der Waals surface area contributed by atoms with Gasteiger partial charge in [-0.25, -0.2) is 4.39 Å². The number of hydrogen-bond acceptors (Lipinski definition) is 2. The average molecular weight is 296 g/mol. The summed E-state index contributed by atoms with van der Waals surface area (Å²) in [6, 6.07) is 15.1. The highest BCUT2D eigenvalue weighted by Gasteiger charge is 2.07. The number of benzene rings is 2. The van der Waals surface area contributed by atoms with Crippen molar-refractivity contribution in [1.82, 2.24) is 9.78 Å². The van der Waals surface area contributed by atoms with Gasteiger partial charge in [0.15, 0.2) is 0 Å². The van der Waals surface area contributed by atoms with Gasteiger partial charge in [0.1, 0.15) is 5.82 Å². The van der Waals surface area contributed by atoms with Gasteiger partial charge < -0.3 is 5.11 Å². The van der Waals surface area contributed by atoms with Crippen LogP contribution in [0.3, 0.4) is 0 Å². The largest absolute Gasteiger partial charge is 0.396 e. The monoisotopic (exact) mass is 296 g/mol. The van der Waals surface area contributed by atoms with E-state index in [1.807, 2.05) is 47.3 Å². The van der Waals surface area contributed by atoms with Gasteiger partial charge in [0.05, 0.1) is 12.7 Å². The van der Waals surface area contributed by atoms with Gasteiger partial charge in [0, 0.05) is 18.4 Å². The Hall–Kier alpha value is -2.46. The Kier molecular flexibility index (Phi) is 4.30. The molecule has 0 aliphatic heterocycles. The summed E-state index contributed by atoms with van der Waals surface area (Å²) in [6.45, 7) is 0.636. The minimum atomic E-state index is -0.289. The minimum absolute atomic E-state index is 0.0503. The van der Waals surface area contributed by atoms with Crippen LogP contribution in [0.1, 0.15) is 11.1 Å². The molecule has 0 fully saturated rings. The Morgan fingerprint density at radius 1 is 1.05 bits per heavy atom. The lowest BCUT2D eigenvalue weighted by molar-refractivity contribution is 0.297. The van der Waals surface area contributed by atoms with Crippen LogP contribution in [-0.4, -0.2) is 21.5 Å². The fraction of sp³-hybridized carbons (Fsp3) is 0.167. The molecule has 1 aromatic heterocycles. The average Bonchev–Trinajstić information content (AvgIpc) is 2.99. The Morgan fingerprint density at radius 2 is 1.86 bits per heavy atom. The van der Waals surface area contributed by atoms with E-state index in [9.17, 15) is 4.39 Å². The molecule has 0 radical (unpaired) electrons. The molecule has 0 atom stereocenters. The molecule has 0 spiro atoms. The molecule has 1 N–H and O–H groups in total. The molecule has 3 nitrogen and oxygen atoms in total. The maximum absolute atomic E-state index is 13.9. The smallest absolute Gasteiger partial charge is 0.127 e. The molecule has 3 aromatic rings. The van der Waals surface area contributed by atoms with Crippen LogP contribution in [0, 0.1) is 5.82 Å².